The summed E-state index contributed by atoms with van der Waals surface area (Å²) in [7, 11) is 0. The van der Waals surface area contributed by atoms with Crippen molar-refractivity contribution in [3.63, 3.8) is 0 Å². The minimum Gasteiger partial charge on any atom is -0.454 e. The minimum absolute atomic E-state index is 0.124. The van der Waals surface area contributed by atoms with Crippen molar-refractivity contribution in [2.24, 2.45) is 0 Å². The summed E-state index contributed by atoms with van der Waals surface area (Å²) in [6.45, 7) is 5.64. The van der Waals surface area contributed by atoms with Gasteiger partial charge in [0.2, 0.25) is 5.91 Å². The number of ether oxygens (including phenoxy) is 3. The molecular weight excluding hydrogens is 919 g/mol. The van der Waals surface area contributed by atoms with Gasteiger partial charge in [-0.15, -0.1) is 0 Å². The quantitative estimate of drug-likeness (QED) is 0.0149. The number of carbonyl (C=O) groups excluding carboxylic acids is 2. The highest BCUT2D eigenvalue weighted by atomic mass is 16.7. The molecule has 73 heavy (non-hydrogen) atoms. The summed E-state index contributed by atoms with van der Waals surface area (Å²) < 4.78 is 17.6. The van der Waals surface area contributed by atoms with Crippen molar-refractivity contribution in [2.75, 3.05) is 13.2 Å². The second-order valence-corrected chi connectivity index (χ2v) is 21.1. The molecule has 11 heteroatoms. The molecule has 0 saturated carbocycles. The molecule has 0 bridgehead atoms. The molecule has 0 aromatic heterocycles. The first-order valence-corrected chi connectivity index (χ1v) is 30.4. The molecule has 1 aliphatic rings. The third-order valence-electron chi connectivity index (χ3n) is 14.3. The maximum atomic E-state index is 13.3. The number of aliphatic hydroxyl groups is 5. The highest BCUT2D eigenvalue weighted by Crippen LogP contribution is 2.26. The Morgan fingerprint density at radius 2 is 0.986 bits per heavy atom. The second-order valence-electron chi connectivity index (χ2n) is 21.1. The number of nitrogens with one attached hydrogen (secondary N) is 1. The van der Waals surface area contributed by atoms with Crippen LogP contribution in [0, 0.1) is 0 Å². The Hall–Kier alpha value is -2.38. The van der Waals surface area contributed by atoms with Crippen molar-refractivity contribution in [3.8, 4) is 0 Å². The summed E-state index contributed by atoms with van der Waals surface area (Å²) in [6, 6.07) is -1.03. The Morgan fingerprint density at radius 3 is 1.47 bits per heavy atom. The standard InChI is InChI=1S/C62H113NO10/c1-4-7-10-13-16-19-22-24-25-26-27-28-29-30-31-32-35-38-41-44-47-50-57(67)73-60-59(69)58(68)56(51-64)72-62(60)71-52-53(54(65)48-45-42-39-36-33-21-18-15-12-9-6-3)63-61(70)55(66)49-46-43-40-37-34-23-20-17-14-11-8-5-2/h8,11,14,17,20,23,45,48,53-56,58-60,62,64-66,68-69H,4-7,9-10,12-13,15-16,18-19,21-22,24-44,46-47,49-52H2,1-3H3,(H,63,70)/b11-8+,17-14+,23-20-,48-45+. The first-order chi connectivity index (χ1) is 35.7. The molecule has 1 saturated heterocycles. The summed E-state index contributed by atoms with van der Waals surface area (Å²) in [4.78, 5) is 26.5. The summed E-state index contributed by atoms with van der Waals surface area (Å²) in [5.41, 5.74) is 0. The van der Waals surface area contributed by atoms with E-state index in [-0.39, 0.29) is 19.4 Å². The van der Waals surface area contributed by atoms with Gasteiger partial charge in [-0.1, -0.05) is 268 Å². The Balaban J connectivity index is 2.63. The van der Waals surface area contributed by atoms with Gasteiger partial charge >= 0.3 is 5.97 Å². The van der Waals surface area contributed by atoms with Crippen molar-refractivity contribution in [1.82, 2.24) is 5.32 Å². The molecule has 1 fully saturated rings. The molecule has 8 unspecified atom stereocenters. The van der Waals surface area contributed by atoms with Crippen molar-refractivity contribution in [2.45, 2.75) is 320 Å². The third-order valence-corrected chi connectivity index (χ3v) is 14.3. The number of hydrogen-bond donors (Lipinski definition) is 6. The molecule has 426 valence electrons. The summed E-state index contributed by atoms with van der Waals surface area (Å²) >= 11 is 0. The number of carbonyl (C=O) groups is 2. The Bertz CT molecular complexity index is 1370. The van der Waals surface area contributed by atoms with Crippen LogP contribution in [-0.2, 0) is 23.8 Å². The first-order valence-electron chi connectivity index (χ1n) is 30.4. The van der Waals surface area contributed by atoms with Crippen LogP contribution in [0.3, 0.4) is 0 Å². The number of rotatable bonds is 51. The predicted molar refractivity (Wildman–Crippen MR) is 301 cm³/mol. The van der Waals surface area contributed by atoms with Gasteiger partial charge in [-0.3, -0.25) is 9.59 Å². The molecule has 11 nitrogen and oxygen atoms in total. The minimum atomic E-state index is -1.61. The van der Waals surface area contributed by atoms with E-state index < -0.39 is 67.4 Å². The van der Waals surface area contributed by atoms with Crippen LogP contribution in [0.2, 0.25) is 0 Å². The van der Waals surface area contributed by atoms with Gasteiger partial charge in [-0.05, 0) is 44.9 Å². The number of aliphatic hydroxyl groups excluding tert-OH is 5. The molecule has 0 aromatic carbocycles. The van der Waals surface area contributed by atoms with E-state index in [9.17, 15) is 35.1 Å². The first kappa shape index (κ1) is 68.6. The van der Waals surface area contributed by atoms with E-state index in [0.717, 1.165) is 70.6 Å². The molecule has 1 rings (SSSR count). The summed E-state index contributed by atoms with van der Waals surface area (Å²) in [5.74, 6) is -1.21. The zero-order valence-corrected chi connectivity index (χ0v) is 47.0. The van der Waals surface area contributed by atoms with Crippen molar-refractivity contribution in [3.05, 3.63) is 48.6 Å². The zero-order chi connectivity index (χ0) is 53.3. The van der Waals surface area contributed by atoms with E-state index in [1.807, 2.05) is 30.4 Å². The van der Waals surface area contributed by atoms with E-state index in [1.165, 1.54) is 154 Å². The molecule has 6 N–H and O–H groups in total. The Morgan fingerprint density at radius 1 is 0.548 bits per heavy atom. The molecule has 0 aliphatic carbocycles. The smallest absolute Gasteiger partial charge is 0.306 e. The SMILES string of the molecule is CC/C=C/C=C/C=C\CCCCCCC(O)C(=O)NC(COC1OC(CO)C(O)C(O)C1OC(=O)CCCCCCCCCCCCCCCCCCCCCCC)C(O)/C=C/CCCCCCCCCCC. The van der Waals surface area contributed by atoms with E-state index in [4.69, 9.17) is 14.2 Å². The summed E-state index contributed by atoms with van der Waals surface area (Å²) in [5, 5.41) is 56.8. The van der Waals surface area contributed by atoms with E-state index >= 15 is 0 Å². The van der Waals surface area contributed by atoms with Gasteiger partial charge in [-0.25, -0.2) is 0 Å². The number of amides is 1. The van der Waals surface area contributed by atoms with Gasteiger partial charge in [0.15, 0.2) is 12.4 Å². The third kappa shape index (κ3) is 38.8. The predicted octanol–water partition coefficient (Wildman–Crippen LogP) is 14.1. The van der Waals surface area contributed by atoms with E-state index in [1.54, 1.807) is 6.08 Å². The Kier molecular flexibility index (Phi) is 47.4. The molecular formula is C62H113NO10. The van der Waals surface area contributed by atoms with Gasteiger partial charge in [0.05, 0.1) is 25.4 Å². The van der Waals surface area contributed by atoms with Crippen LogP contribution in [0.5, 0.6) is 0 Å². The van der Waals surface area contributed by atoms with Gasteiger partial charge in [-0.2, -0.15) is 0 Å². The highest BCUT2D eigenvalue weighted by Gasteiger charge is 2.47. The number of allylic oxidation sites excluding steroid dienone is 7. The zero-order valence-electron chi connectivity index (χ0n) is 47.0. The van der Waals surface area contributed by atoms with Crippen molar-refractivity contribution < 1.29 is 49.3 Å². The summed E-state index contributed by atoms with van der Waals surface area (Å²) in [6.07, 6.45) is 50.3. The van der Waals surface area contributed by atoms with Crippen LogP contribution in [0.25, 0.3) is 0 Å². The van der Waals surface area contributed by atoms with Crippen LogP contribution < -0.4 is 5.32 Å². The van der Waals surface area contributed by atoms with Crippen LogP contribution in [-0.4, -0.2) is 99.6 Å². The maximum Gasteiger partial charge on any atom is 0.306 e. The normalized spacial score (nSPS) is 19.7. The molecule has 0 radical (unpaired) electrons. The average Bonchev–Trinajstić information content (AvgIpc) is 3.39. The number of hydrogen-bond acceptors (Lipinski definition) is 10. The topological polar surface area (TPSA) is 175 Å². The molecule has 8 atom stereocenters. The van der Waals surface area contributed by atoms with E-state index in [2.05, 4.69) is 38.2 Å². The van der Waals surface area contributed by atoms with Crippen molar-refractivity contribution >= 4 is 11.9 Å². The molecule has 1 amide bonds. The lowest BCUT2D eigenvalue weighted by Gasteiger charge is -2.41. The second kappa shape index (κ2) is 50.4. The lowest BCUT2D eigenvalue weighted by atomic mass is 9.99. The van der Waals surface area contributed by atoms with Gasteiger partial charge in [0.1, 0.15) is 24.4 Å². The Labute approximate surface area is 446 Å². The fraction of sp³-hybridized carbons (Fsp3) is 0.839. The van der Waals surface area contributed by atoms with E-state index in [0.29, 0.717) is 12.8 Å². The number of esters is 1. The fourth-order valence-corrected chi connectivity index (χ4v) is 9.48. The highest BCUT2D eigenvalue weighted by molar-refractivity contribution is 5.80. The van der Waals surface area contributed by atoms with Crippen molar-refractivity contribution in [1.29, 1.82) is 0 Å². The van der Waals surface area contributed by atoms with Crippen LogP contribution >= 0.6 is 0 Å². The fourth-order valence-electron chi connectivity index (χ4n) is 9.48. The lowest BCUT2D eigenvalue weighted by molar-refractivity contribution is -0.305. The van der Waals surface area contributed by atoms with Gasteiger partial charge in [0, 0.05) is 6.42 Å². The molecule has 0 spiro atoms. The van der Waals surface area contributed by atoms with Crippen LogP contribution in [0.4, 0.5) is 0 Å². The lowest BCUT2D eigenvalue weighted by Crippen LogP contribution is -2.61. The average molecular weight is 1030 g/mol. The largest absolute Gasteiger partial charge is 0.454 e. The maximum absolute atomic E-state index is 13.3. The van der Waals surface area contributed by atoms with Crippen LogP contribution in [0.15, 0.2) is 48.6 Å². The monoisotopic (exact) mass is 1030 g/mol. The molecule has 0 aromatic rings. The molecule has 1 aliphatic heterocycles. The number of unbranched alkanes of at least 4 members (excludes halogenated alkanes) is 33. The van der Waals surface area contributed by atoms with Crippen LogP contribution in [0.1, 0.15) is 271 Å². The van der Waals surface area contributed by atoms with Gasteiger partial charge in [0.25, 0.3) is 0 Å². The van der Waals surface area contributed by atoms with Gasteiger partial charge < -0.3 is 45.1 Å². The molecule has 1 heterocycles.